The van der Waals surface area contributed by atoms with E-state index >= 15 is 0 Å². The van der Waals surface area contributed by atoms with Crippen LogP contribution in [0.25, 0.3) is 11.5 Å². The Hall–Kier alpha value is -1.43. The average molecular weight is 296 g/mol. The van der Waals surface area contributed by atoms with Crippen LogP contribution in [0.2, 0.25) is 5.02 Å². The van der Waals surface area contributed by atoms with Crippen LogP contribution in [0.5, 0.6) is 0 Å². The molecule has 0 radical (unpaired) electrons. The van der Waals surface area contributed by atoms with Crippen molar-refractivity contribution in [3.8, 4) is 11.5 Å². The van der Waals surface area contributed by atoms with Crippen molar-refractivity contribution in [3.63, 3.8) is 0 Å². The van der Waals surface area contributed by atoms with E-state index in [0.717, 1.165) is 11.1 Å². The van der Waals surface area contributed by atoms with Crippen molar-refractivity contribution in [1.29, 1.82) is 0 Å². The molecule has 0 saturated carbocycles. The summed E-state index contributed by atoms with van der Waals surface area (Å²) >= 11 is 6.03. The molecule has 1 atom stereocenters. The highest BCUT2D eigenvalue weighted by Crippen LogP contribution is 2.25. The molecule has 0 saturated heterocycles. The molecule has 1 heterocycles. The van der Waals surface area contributed by atoms with Crippen molar-refractivity contribution in [3.05, 3.63) is 34.6 Å². The molecule has 0 bridgehead atoms. The molecule has 0 aliphatic carbocycles. The lowest BCUT2D eigenvalue weighted by atomic mass is 10.1. The first-order valence-corrected chi connectivity index (χ1v) is 6.78. The molecule has 1 aromatic carbocycles. The number of aryl methyl sites for hydroxylation is 1. The smallest absolute Gasteiger partial charge is 0.258 e. The van der Waals surface area contributed by atoms with E-state index in [4.69, 9.17) is 26.6 Å². The van der Waals surface area contributed by atoms with E-state index in [-0.39, 0.29) is 0 Å². The van der Waals surface area contributed by atoms with E-state index in [2.05, 4.69) is 10.1 Å². The minimum atomic E-state index is -0.786. The van der Waals surface area contributed by atoms with Gasteiger partial charge in [0.1, 0.15) is 5.54 Å². The standard InChI is InChI=1S/C14H18ClN3O2/c1-4-19-8-14(3,16)13-17-12(20-18-13)10-5-9(2)6-11(15)7-10/h5-7H,4,8,16H2,1-3H3. The maximum absolute atomic E-state index is 6.14. The third kappa shape index (κ3) is 3.36. The normalized spacial score (nSPS) is 14.2. The zero-order valence-corrected chi connectivity index (χ0v) is 12.6. The highest BCUT2D eigenvalue weighted by molar-refractivity contribution is 6.30. The number of aromatic nitrogens is 2. The van der Waals surface area contributed by atoms with Crippen LogP contribution in [-0.4, -0.2) is 23.4 Å². The summed E-state index contributed by atoms with van der Waals surface area (Å²) in [5, 5.41) is 4.57. The van der Waals surface area contributed by atoms with Crippen molar-refractivity contribution in [2.75, 3.05) is 13.2 Å². The van der Waals surface area contributed by atoms with Crippen LogP contribution in [0, 0.1) is 6.92 Å². The molecule has 2 N–H and O–H groups in total. The Morgan fingerprint density at radius 2 is 2.15 bits per heavy atom. The predicted octanol–water partition coefficient (Wildman–Crippen LogP) is 2.91. The highest BCUT2D eigenvalue weighted by Gasteiger charge is 2.28. The summed E-state index contributed by atoms with van der Waals surface area (Å²) in [4.78, 5) is 4.35. The Morgan fingerprint density at radius 1 is 1.40 bits per heavy atom. The maximum Gasteiger partial charge on any atom is 0.258 e. The highest BCUT2D eigenvalue weighted by atomic mass is 35.5. The molecule has 5 nitrogen and oxygen atoms in total. The molecule has 0 aliphatic heterocycles. The van der Waals surface area contributed by atoms with Gasteiger partial charge in [-0.1, -0.05) is 16.8 Å². The van der Waals surface area contributed by atoms with Crippen LogP contribution >= 0.6 is 11.6 Å². The maximum atomic E-state index is 6.14. The van der Waals surface area contributed by atoms with E-state index in [1.165, 1.54) is 0 Å². The van der Waals surface area contributed by atoms with Crippen LogP contribution in [-0.2, 0) is 10.3 Å². The van der Waals surface area contributed by atoms with Crippen molar-refractivity contribution in [1.82, 2.24) is 10.1 Å². The zero-order valence-electron chi connectivity index (χ0n) is 11.8. The SMILES string of the molecule is CCOCC(C)(N)c1noc(-c2cc(C)cc(Cl)c2)n1. The van der Waals surface area contributed by atoms with Crippen LogP contribution in [0.1, 0.15) is 25.2 Å². The molecule has 0 fully saturated rings. The molecule has 0 amide bonds. The Balaban J connectivity index is 2.28. The second kappa shape index (κ2) is 5.91. The van der Waals surface area contributed by atoms with Gasteiger partial charge in [-0.05, 0) is 44.5 Å². The Kier molecular flexibility index (Phi) is 4.42. The minimum absolute atomic E-state index is 0.330. The Bertz CT molecular complexity index is 576. The van der Waals surface area contributed by atoms with Crippen LogP contribution in [0.4, 0.5) is 0 Å². The summed E-state index contributed by atoms with van der Waals surface area (Å²) in [6, 6.07) is 5.58. The first-order chi connectivity index (χ1) is 9.42. The molecule has 108 valence electrons. The summed E-state index contributed by atoms with van der Waals surface area (Å²) in [6.45, 7) is 6.59. The fraction of sp³-hybridized carbons (Fsp3) is 0.429. The van der Waals surface area contributed by atoms with Gasteiger partial charge < -0.3 is 15.0 Å². The molecule has 2 rings (SSSR count). The number of rotatable bonds is 5. The zero-order chi connectivity index (χ0) is 14.8. The Labute approximate surface area is 123 Å². The lowest BCUT2D eigenvalue weighted by Gasteiger charge is -2.19. The van der Waals surface area contributed by atoms with E-state index in [1.807, 2.05) is 26.0 Å². The number of nitrogens with zero attached hydrogens (tertiary/aromatic N) is 2. The fourth-order valence-electron chi connectivity index (χ4n) is 1.81. The molecule has 20 heavy (non-hydrogen) atoms. The van der Waals surface area contributed by atoms with Crippen LogP contribution in [0.15, 0.2) is 22.7 Å². The predicted molar refractivity (Wildman–Crippen MR) is 77.5 cm³/mol. The van der Waals surface area contributed by atoms with Gasteiger partial charge in [0.25, 0.3) is 5.89 Å². The van der Waals surface area contributed by atoms with Crippen molar-refractivity contribution in [2.45, 2.75) is 26.3 Å². The lowest BCUT2D eigenvalue weighted by Crippen LogP contribution is -2.39. The average Bonchev–Trinajstić information content (AvgIpc) is 2.85. The molecule has 0 spiro atoms. The fourth-order valence-corrected chi connectivity index (χ4v) is 2.10. The quantitative estimate of drug-likeness (QED) is 0.918. The molecule has 6 heteroatoms. The van der Waals surface area contributed by atoms with Crippen molar-refractivity contribution < 1.29 is 9.26 Å². The summed E-state index contributed by atoms with van der Waals surface area (Å²) in [5.41, 5.74) is 7.16. The van der Waals surface area contributed by atoms with Crippen LogP contribution in [0.3, 0.4) is 0 Å². The molecular weight excluding hydrogens is 278 g/mol. The van der Waals surface area contributed by atoms with Crippen molar-refractivity contribution >= 4 is 11.6 Å². The third-order valence-corrected chi connectivity index (χ3v) is 3.05. The van der Waals surface area contributed by atoms with Gasteiger partial charge in [0.2, 0.25) is 0 Å². The van der Waals surface area contributed by atoms with Gasteiger partial charge in [-0.3, -0.25) is 0 Å². The molecule has 1 aromatic heterocycles. The van der Waals surface area contributed by atoms with Gasteiger partial charge in [-0.25, -0.2) is 0 Å². The summed E-state index contributed by atoms with van der Waals surface area (Å²) in [6.07, 6.45) is 0. The first kappa shape index (κ1) is 15.0. The first-order valence-electron chi connectivity index (χ1n) is 6.41. The van der Waals surface area contributed by atoms with Crippen molar-refractivity contribution in [2.24, 2.45) is 5.73 Å². The second-order valence-corrected chi connectivity index (χ2v) is 5.43. The van der Waals surface area contributed by atoms with Crippen LogP contribution < -0.4 is 5.73 Å². The number of hydrogen-bond acceptors (Lipinski definition) is 5. The molecule has 0 aliphatic rings. The lowest BCUT2D eigenvalue weighted by molar-refractivity contribution is 0.0962. The van der Waals surface area contributed by atoms with E-state index in [0.29, 0.717) is 30.0 Å². The summed E-state index contributed by atoms with van der Waals surface area (Å²) < 4.78 is 10.6. The molecule has 2 aromatic rings. The van der Waals surface area contributed by atoms with Gasteiger partial charge in [0.15, 0.2) is 5.82 Å². The number of halogens is 1. The van der Waals surface area contributed by atoms with E-state index in [9.17, 15) is 0 Å². The number of hydrogen-bond donors (Lipinski definition) is 1. The van der Waals surface area contributed by atoms with Gasteiger partial charge in [0.05, 0.1) is 6.61 Å². The van der Waals surface area contributed by atoms with E-state index < -0.39 is 5.54 Å². The molecular formula is C14H18ClN3O2. The minimum Gasteiger partial charge on any atom is -0.379 e. The second-order valence-electron chi connectivity index (χ2n) is 4.99. The van der Waals surface area contributed by atoms with Gasteiger partial charge >= 0.3 is 0 Å². The van der Waals surface area contributed by atoms with Gasteiger partial charge in [0, 0.05) is 17.2 Å². The third-order valence-electron chi connectivity index (χ3n) is 2.83. The van der Waals surface area contributed by atoms with Gasteiger partial charge in [-0.2, -0.15) is 4.98 Å². The topological polar surface area (TPSA) is 74.2 Å². The molecule has 1 unspecified atom stereocenters. The largest absolute Gasteiger partial charge is 0.379 e. The summed E-state index contributed by atoms with van der Waals surface area (Å²) in [7, 11) is 0. The summed E-state index contributed by atoms with van der Waals surface area (Å²) in [5.74, 6) is 0.817. The monoisotopic (exact) mass is 295 g/mol. The Morgan fingerprint density at radius 3 is 2.80 bits per heavy atom. The van der Waals surface area contributed by atoms with Gasteiger partial charge in [-0.15, -0.1) is 0 Å². The number of benzene rings is 1. The number of ether oxygens (including phenoxy) is 1. The van der Waals surface area contributed by atoms with E-state index in [1.54, 1.807) is 13.0 Å². The number of nitrogens with two attached hydrogens (primary N) is 1.